The Morgan fingerprint density at radius 1 is 1.64 bits per heavy atom. The molecule has 14 heavy (non-hydrogen) atoms. The summed E-state index contributed by atoms with van der Waals surface area (Å²) < 4.78 is 4.98. The normalized spacial score (nSPS) is 29.9. The number of hydrogen-bond acceptors (Lipinski definition) is 4. The Balaban J connectivity index is 1.75. The molecule has 1 aromatic rings. The van der Waals surface area contributed by atoms with Crippen molar-refractivity contribution in [2.45, 2.75) is 6.04 Å². The van der Waals surface area contributed by atoms with Crippen LogP contribution in [0.15, 0.2) is 17.0 Å². The molecule has 2 saturated heterocycles. The summed E-state index contributed by atoms with van der Waals surface area (Å²) in [5.41, 5.74) is 0. The molecule has 2 aliphatic heterocycles. The van der Waals surface area contributed by atoms with E-state index < -0.39 is 0 Å². The van der Waals surface area contributed by atoms with Crippen LogP contribution in [-0.4, -0.2) is 41.5 Å². The molecule has 2 aliphatic rings. The van der Waals surface area contributed by atoms with Crippen LogP contribution in [0, 0.1) is 5.92 Å². The molecule has 0 saturated carbocycles. The van der Waals surface area contributed by atoms with E-state index in [4.69, 9.17) is 4.42 Å². The summed E-state index contributed by atoms with van der Waals surface area (Å²) in [4.78, 5) is 17.4. The smallest absolute Gasteiger partial charge is 0.291 e. The molecule has 74 valence electrons. The number of carbonyl (C=O) groups is 1. The quantitative estimate of drug-likeness (QED) is 0.666. The highest BCUT2D eigenvalue weighted by Crippen LogP contribution is 2.29. The van der Waals surface area contributed by atoms with Gasteiger partial charge in [0.2, 0.25) is 5.76 Å². The molecule has 0 spiro atoms. The molecule has 3 heterocycles. The van der Waals surface area contributed by atoms with Crippen molar-refractivity contribution in [1.82, 2.24) is 15.2 Å². The molecule has 1 amide bonds. The SMILES string of the molecule is O=C(c1cnco1)N1CC2CNCC21. The number of nitrogens with zero attached hydrogens (tertiary/aromatic N) is 2. The van der Waals surface area contributed by atoms with Gasteiger partial charge in [-0.1, -0.05) is 0 Å². The van der Waals surface area contributed by atoms with Gasteiger partial charge in [-0.2, -0.15) is 0 Å². The largest absolute Gasteiger partial charge is 0.438 e. The van der Waals surface area contributed by atoms with E-state index in [2.05, 4.69) is 10.3 Å². The third kappa shape index (κ3) is 0.988. The fourth-order valence-electron chi connectivity index (χ4n) is 2.22. The Bertz CT molecular complexity index is 349. The predicted molar refractivity (Wildman–Crippen MR) is 47.7 cm³/mol. The van der Waals surface area contributed by atoms with Crippen LogP contribution < -0.4 is 5.32 Å². The molecule has 0 bridgehead atoms. The number of rotatable bonds is 1. The van der Waals surface area contributed by atoms with Crippen LogP contribution in [0.25, 0.3) is 0 Å². The van der Waals surface area contributed by atoms with Crippen LogP contribution in [-0.2, 0) is 0 Å². The molecule has 2 fully saturated rings. The second kappa shape index (κ2) is 2.81. The van der Waals surface area contributed by atoms with Gasteiger partial charge in [0.25, 0.3) is 5.91 Å². The standard InChI is InChI=1S/C9H11N3O2/c13-9(8-3-11-5-14-8)12-4-6-1-10-2-7(6)12/h3,5-7,10H,1-2,4H2. The third-order valence-corrected chi connectivity index (χ3v) is 3.04. The molecule has 0 aliphatic carbocycles. The highest BCUT2D eigenvalue weighted by molar-refractivity contribution is 5.92. The van der Waals surface area contributed by atoms with Gasteiger partial charge in [0, 0.05) is 25.6 Å². The van der Waals surface area contributed by atoms with Gasteiger partial charge in [-0.25, -0.2) is 4.98 Å². The lowest BCUT2D eigenvalue weighted by Crippen LogP contribution is -2.57. The number of likely N-dealkylation sites (tertiary alicyclic amines) is 1. The second-order valence-electron chi connectivity index (χ2n) is 3.81. The topological polar surface area (TPSA) is 58.4 Å². The molecule has 5 heteroatoms. The lowest BCUT2D eigenvalue weighted by molar-refractivity contribution is 0.0297. The predicted octanol–water partition coefficient (Wildman–Crippen LogP) is -0.282. The highest BCUT2D eigenvalue weighted by Gasteiger charge is 2.45. The molecule has 0 radical (unpaired) electrons. The zero-order valence-corrected chi connectivity index (χ0v) is 7.64. The van der Waals surface area contributed by atoms with Crippen molar-refractivity contribution in [1.29, 1.82) is 0 Å². The van der Waals surface area contributed by atoms with Crippen molar-refractivity contribution in [3.8, 4) is 0 Å². The summed E-state index contributed by atoms with van der Waals surface area (Å²) in [5.74, 6) is 0.949. The molecule has 3 rings (SSSR count). The van der Waals surface area contributed by atoms with Gasteiger partial charge < -0.3 is 14.6 Å². The van der Waals surface area contributed by atoms with E-state index in [-0.39, 0.29) is 5.91 Å². The van der Waals surface area contributed by atoms with Crippen molar-refractivity contribution in [2.75, 3.05) is 19.6 Å². The number of carbonyl (C=O) groups excluding carboxylic acids is 1. The molecule has 1 N–H and O–H groups in total. The van der Waals surface area contributed by atoms with Gasteiger partial charge in [-0.15, -0.1) is 0 Å². The number of fused-ring (bicyclic) bond motifs is 1. The second-order valence-corrected chi connectivity index (χ2v) is 3.81. The first kappa shape index (κ1) is 7.99. The summed E-state index contributed by atoms with van der Waals surface area (Å²) in [5, 5.41) is 3.27. The zero-order chi connectivity index (χ0) is 9.54. The zero-order valence-electron chi connectivity index (χ0n) is 7.64. The van der Waals surface area contributed by atoms with Crippen molar-refractivity contribution >= 4 is 5.91 Å². The summed E-state index contributed by atoms with van der Waals surface area (Å²) in [6.07, 6.45) is 2.76. The molecular formula is C9H11N3O2. The average Bonchev–Trinajstić information content (AvgIpc) is 2.75. The van der Waals surface area contributed by atoms with Crippen molar-refractivity contribution in [2.24, 2.45) is 5.92 Å². The van der Waals surface area contributed by atoms with E-state index in [1.807, 2.05) is 4.90 Å². The average molecular weight is 193 g/mol. The minimum atomic E-state index is -0.0348. The minimum Gasteiger partial charge on any atom is -0.438 e. The van der Waals surface area contributed by atoms with Gasteiger partial charge >= 0.3 is 0 Å². The van der Waals surface area contributed by atoms with Crippen molar-refractivity contribution in [3.63, 3.8) is 0 Å². The highest BCUT2D eigenvalue weighted by atomic mass is 16.3. The Morgan fingerprint density at radius 3 is 3.29 bits per heavy atom. The van der Waals surface area contributed by atoms with Gasteiger partial charge in [-0.05, 0) is 0 Å². The van der Waals surface area contributed by atoms with Crippen LogP contribution in [0.1, 0.15) is 10.6 Å². The van der Waals surface area contributed by atoms with Crippen LogP contribution in [0.3, 0.4) is 0 Å². The molecular weight excluding hydrogens is 182 g/mol. The summed E-state index contributed by atoms with van der Waals surface area (Å²) in [6, 6.07) is 0.368. The third-order valence-electron chi connectivity index (χ3n) is 3.04. The van der Waals surface area contributed by atoms with Crippen LogP contribution >= 0.6 is 0 Å². The fourth-order valence-corrected chi connectivity index (χ4v) is 2.22. The van der Waals surface area contributed by atoms with Crippen molar-refractivity contribution < 1.29 is 9.21 Å². The molecule has 2 unspecified atom stereocenters. The minimum absolute atomic E-state index is 0.0348. The van der Waals surface area contributed by atoms with Crippen LogP contribution in [0.2, 0.25) is 0 Å². The van der Waals surface area contributed by atoms with Gasteiger partial charge in [0.1, 0.15) is 0 Å². The summed E-state index contributed by atoms with van der Waals surface area (Å²) in [7, 11) is 0. The molecule has 5 nitrogen and oxygen atoms in total. The van der Waals surface area contributed by atoms with E-state index in [1.54, 1.807) is 0 Å². The molecule has 1 aromatic heterocycles. The number of oxazole rings is 1. The molecule has 2 atom stereocenters. The first-order valence-electron chi connectivity index (χ1n) is 4.76. The number of hydrogen-bond donors (Lipinski definition) is 1. The Labute approximate surface area is 81.1 Å². The van der Waals surface area contributed by atoms with E-state index in [9.17, 15) is 4.79 Å². The molecule has 0 aromatic carbocycles. The maximum atomic E-state index is 11.8. The summed E-state index contributed by atoms with van der Waals surface area (Å²) in [6.45, 7) is 2.78. The van der Waals surface area contributed by atoms with Gasteiger partial charge in [0.15, 0.2) is 6.39 Å². The van der Waals surface area contributed by atoms with E-state index >= 15 is 0 Å². The monoisotopic (exact) mass is 193 g/mol. The van der Waals surface area contributed by atoms with Crippen molar-refractivity contribution in [3.05, 3.63) is 18.4 Å². The number of aromatic nitrogens is 1. The number of amides is 1. The Kier molecular flexibility index (Phi) is 1.61. The maximum absolute atomic E-state index is 11.8. The van der Waals surface area contributed by atoms with E-state index in [1.165, 1.54) is 12.6 Å². The van der Waals surface area contributed by atoms with Crippen LogP contribution in [0.4, 0.5) is 0 Å². The Morgan fingerprint density at radius 2 is 2.57 bits per heavy atom. The first-order chi connectivity index (χ1) is 6.86. The van der Waals surface area contributed by atoms with E-state index in [0.29, 0.717) is 17.7 Å². The van der Waals surface area contributed by atoms with Gasteiger partial charge in [0.05, 0.1) is 12.2 Å². The lowest BCUT2D eigenvalue weighted by Gasteiger charge is -2.43. The summed E-state index contributed by atoms with van der Waals surface area (Å²) >= 11 is 0. The van der Waals surface area contributed by atoms with Gasteiger partial charge in [-0.3, -0.25) is 4.79 Å². The maximum Gasteiger partial charge on any atom is 0.291 e. The Hall–Kier alpha value is -1.36. The first-order valence-corrected chi connectivity index (χ1v) is 4.76. The lowest BCUT2D eigenvalue weighted by atomic mass is 9.92. The van der Waals surface area contributed by atoms with Crippen LogP contribution in [0.5, 0.6) is 0 Å². The van der Waals surface area contributed by atoms with E-state index in [0.717, 1.165) is 19.6 Å². The fraction of sp³-hybridized carbons (Fsp3) is 0.556. The number of nitrogens with one attached hydrogen (secondary N) is 1.